The van der Waals surface area contributed by atoms with Crippen LogP contribution in [0.25, 0.3) is 0 Å². The molecule has 1 aliphatic heterocycles. The second-order valence-electron chi connectivity index (χ2n) is 6.22. The lowest BCUT2D eigenvalue weighted by Gasteiger charge is -2.14. The molecule has 9 heteroatoms. The van der Waals surface area contributed by atoms with Crippen LogP contribution in [0.3, 0.4) is 0 Å². The number of carbonyl (C=O) groups is 3. The number of amides is 3. The largest absolute Gasteiger partial charge is 0.416 e. The molecule has 0 saturated heterocycles. The van der Waals surface area contributed by atoms with Crippen molar-refractivity contribution < 1.29 is 27.6 Å². The molecule has 0 fully saturated rings. The minimum absolute atomic E-state index is 0.0397. The maximum Gasteiger partial charge on any atom is 0.416 e. The summed E-state index contributed by atoms with van der Waals surface area (Å²) in [5, 5.41) is 7.68. The Hall–Kier alpha value is -3.36. The molecule has 1 unspecified atom stereocenters. The van der Waals surface area contributed by atoms with E-state index in [4.69, 9.17) is 0 Å². The molecule has 1 heterocycles. The Labute approximate surface area is 158 Å². The minimum Gasteiger partial charge on any atom is -0.340 e. The maximum absolute atomic E-state index is 12.5. The molecular weight excluding hydrogens is 375 g/mol. The fraction of sp³-hybridized carbons (Fsp3) is 0.211. The van der Waals surface area contributed by atoms with E-state index >= 15 is 0 Å². The number of nitrogens with one attached hydrogen (secondary N) is 3. The highest BCUT2D eigenvalue weighted by atomic mass is 19.4. The second kappa shape index (κ2) is 7.71. The predicted octanol–water partition coefficient (Wildman–Crippen LogP) is 3.17. The number of benzene rings is 2. The summed E-state index contributed by atoms with van der Waals surface area (Å²) in [5.74, 6) is -1.36. The number of carbonyl (C=O) groups excluding carboxylic acids is 3. The molecule has 2 aromatic rings. The zero-order valence-corrected chi connectivity index (χ0v) is 14.5. The second-order valence-corrected chi connectivity index (χ2v) is 6.22. The zero-order chi connectivity index (χ0) is 20.3. The van der Waals surface area contributed by atoms with Gasteiger partial charge in [0.05, 0.1) is 16.8 Å². The molecule has 0 aromatic heterocycles. The Morgan fingerprint density at radius 2 is 1.71 bits per heavy atom. The highest BCUT2D eigenvalue weighted by Crippen LogP contribution is 2.29. The molecule has 6 nitrogen and oxygen atoms in total. The smallest absolute Gasteiger partial charge is 0.340 e. The van der Waals surface area contributed by atoms with Gasteiger partial charge in [0.25, 0.3) is 5.91 Å². The summed E-state index contributed by atoms with van der Waals surface area (Å²) in [5.41, 5.74) is 0.108. The Kier molecular flexibility index (Phi) is 5.34. The number of rotatable bonds is 4. The Morgan fingerprint density at radius 3 is 2.39 bits per heavy atom. The lowest BCUT2D eigenvalue weighted by atomic mass is 10.1. The Balaban J connectivity index is 1.57. The molecule has 0 saturated carbocycles. The third kappa shape index (κ3) is 4.48. The van der Waals surface area contributed by atoms with Crippen LogP contribution in [0, 0.1) is 0 Å². The quantitative estimate of drug-likeness (QED) is 0.748. The monoisotopic (exact) mass is 391 g/mol. The van der Waals surface area contributed by atoms with E-state index in [0.29, 0.717) is 11.3 Å². The van der Waals surface area contributed by atoms with Gasteiger partial charge in [-0.2, -0.15) is 13.2 Å². The van der Waals surface area contributed by atoms with E-state index in [-0.39, 0.29) is 18.5 Å². The van der Waals surface area contributed by atoms with E-state index in [0.717, 1.165) is 24.3 Å². The van der Waals surface area contributed by atoms with E-state index in [9.17, 15) is 27.6 Å². The SMILES string of the molecule is O=C(CCC1NC(=O)c2ccccc2NC1=O)Nc1ccc(C(F)(F)F)cc1. The van der Waals surface area contributed by atoms with E-state index in [1.807, 2.05) is 0 Å². The van der Waals surface area contributed by atoms with Crippen LogP contribution in [0.2, 0.25) is 0 Å². The third-order valence-corrected chi connectivity index (χ3v) is 4.21. The first-order valence-corrected chi connectivity index (χ1v) is 8.42. The van der Waals surface area contributed by atoms with Gasteiger partial charge in [-0.1, -0.05) is 12.1 Å². The number of hydrogen-bond acceptors (Lipinski definition) is 3. The number of halogens is 3. The Bertz CT molecular complexity index is 911. The van der Waals surface area contributed by atoms with Gasteiger partial charge in [0.2, 0.25) is 11.8 Å². The van der Waals surface area contributed by atoms with Crippen LogP contribution >= 0.6 is 0 Å². The first-order chi connectivity index (χ1) is 13.2. The van der Waals surface area contributed by atoms with Crippen molar-refractivity contribution in [1.29, 1.82) is 0 Å². The first kappa shape index (κ1) is 19.4. The number of para-hydroxylation sites is 1. The first-order valence-electron chi connectivity index (χ1n) is 8.42. The maximum atomic E-state index is 12.5. The normalized spacial score (nSPS) is 16.5. The van der Waals surface area contributed by atoms with E-state index in [2.05, 4.69) is 16.0 Å². The van der Waals surface area contributed by atoms with Crippen molar-refractivity contribution in [2.45, 2.75) is 25.1 Å². The molecule has 0 aliphatic carbocycles. The summed E-state index contributed by atoms with van der Waals surface area (Å²) in [4.78, 5) is 36.5. The molecule has 1 aliphatic rings. The summed E-state index contributed by atoms with van der Waals surface area (Å²) in [6.07, 6.45) is -4.51. The van der Waals surface area contributed by atoms with Crippen LogP contribution in [0.4, 0.5) is 24.5 Å². The molecular formula is C19H16F3N3O3. The highest BCUT2D eigenvalue weighted by Gasteiger charge is 2.30. The van der Waals surface area contributed by atoms with Crippen molar-refractivity contribution in [3.8, 4) is 0 Å². The van der Waals surface area contributed by atoms with Gasteiger partial charge in [0.15, 0.2) is 0 Å². The van der Waals surface area contributed by atoms with Gasteiger partial charge in [-0.15, -0.1) is 0 Å². The summed E-state index contributed by atoms with van der Waals surface area (Å²) in [6, 6.07) is 9.66. The van der Waals surface area contributed by atoms with Crippen LogP contribution in [0.15, 0.2) is 48.5 Å². The van der Waals surface area contributed by atoms with Gasteiger partial charge < -0.3 is 16.0 Å². The zero-order valence-electron chi connectivity index (χ0n) is 14.5. The van der Waals surface area contributed by atoms with E-state index in [1.54, 1.807) is 24.3 Å². The summed E-state index contributed by atoms with van der Waals surface area (Å²) < 4.78 is 37.6. The van der Waals surface area contributed by atoms with E-state index in [1.165, 1.54) is 0 Å². The van der Waals surface area contributed by atoms with Crippen molar-refractivity contribution in [1.82, 2.24) is 5.32 Å². The number of fused-ring (bicyclic) bond motifs is 1. The van der Waals surface area contributed by atoms with Crippen LogP contribution in [0.1, 0.15) is 28.8 Å². The fourth-order valence-electron chi connectivity index (χ4n) is 2.76. The van der Waals surface area contributed by atoms with Crippen molar-refractivity contribution >= 4 is 29.1 Å². The van der Waals surface area contributed by atoms with Crippen molar-refractivity contribution in [3.05, 3.63) is 59.7 Å². The lowest BCUT2D eigenvalue weighted by molar-refractivity contribution is -0.137. The molecule has 3 N–H and O–H groups in total. The van der Waals surface area contributed by atoms with Crippen molar-refractivity contribution in [2.75, 3.05) is 10.6 Å². The van der Waals surface area contributed by atoms with Crippen molar-refractivity contribution in [2.24, 2.45) is 0 Å². The molecule has 3 amide bonds. The van der Waals surface area contributed by atoms with Gasteiger partial charge in [0, 0.05) is 12.1 Å². The number of hydrogen-bond donors (Lipinski definition) is 3. The minimum atomic E-state index is -4.45. The van der Waals surface area contributed by atoms with Crippen LogP contribution in [-0.4, -0.2) is 23.8 Å². The molecule has 146 valence electrons. The van der Waals surface area contributed by atoms with Crippen molar-refractivity contribution in [3.63, 3.8) is 0 Å². The van der Waals surface area contributed by atoms with Gasteiger partial charge in [-0.3, -0.25) is 14.4 Å². The fourth-order valence-corrected chi connectivity index (χ4v) is 2.76. The van der Waals surface area contributed by atoms with Gasteiger partial charge in [0.1, 0.15) is 6.04 Å². The average Bonchev–Trinajstić information content (AvgIpc) is 2.76. The van der Waals surface area contributed by atoms with Gasteiger partial charge >= 0.3 is 6.18 Å². The van der Waals surface area contributed by atoms with Crippen LogP contribution in [0.5, 0.6) is 0 Å². The summed E-state index contributed by atoms with van der Waals surface area (Å²) in [6.45, 7) is 0. The van der Waals surface area contributed by atoms with Crippen LogP contribution in [-0.2, 0) is 15.8 Å². The molecule has 3 rings (SSSR count). The molecule has 1 atom stereocenters. The summed E-state index contributed by atoms with van der Waals surface area (Å²) in [7, 11) is 0. The molecule has 0 bridgehead atoms. The molecule has 0 radical (unpaired) electrons. The molecule has 28 heavy (non-hydrogen) atoms. The van der Waals surface area contributed by atoms with E-state index < -0.39 is 35.5 Å². The van der Waals surface area contributed by atoms with Gasteiger partial charge in [-0.25, -0.2) is 0 Å². The predicted molar refractivity (Wildman–Crippen MR) is 95.6 cm³/mol. The third-order valence-electron chi connectivity index (χ3n) is 4.21. The highest BCUT2D eigenvalue weighted by molar-refractivity contribution is 6.09. The average molecular weight is 391 g/mol. The number of alkyl halides is 3. The Morgan fingerprint density at radius 1 is 1.04 bits per heavy atom. The standard InChI is InChI=1S/C19H16F3N3O3/c20-19(21,22)11-5-7-12(8-6-11)23-16(26)10-9-15-18(28)24-14-4-2-1-3-13(14)17(27)25-15/h1-8,15H,9-10H2,(H,23,26)(H,24,28)(H,25,27). The lowest BCUT2D eigenvalue weighted by Crippen LogP contribution is -2.41. The number of anilines is 2. The topological polar surface area (TPSA) is 87.3 Å². The van der Waals surface area contributed by atoms with Gasteiger partial charge in [-0.05, 0) is 42.8 Å². The van der Waals surface area contributed by atoms with Crippen LogP contribution < -0.4 is 16.0 Å². The molecule has 0 spiro atoms. The molecule has 2 aromatic carbocycles. The summed E-state index contributed by atoms with van der Waals surface area (Å²) >= 11 is 0.